The minimum Gasteiger partial charge on any atom is -0.506 e. The first-order valence-electron chi connectivity index (χ1n) is 4.99. The van der Waals surface area contributed by atoms with E-state index in [1.54, 1.807) is 13.2 Å². The molecular weight excluding hydrogens is 258 g/mol. The van der Waals surface area contributed by atoms with Crippen LogP contribution in [-0.2, 0) is 6.54 Å². The lowest BCUT2D eigenvalue weighted by Crippen LogP contribution is -2.15. The third-order valence-electron chi connectivity index (χ3n) is 2.51. The summed E-state index contributed by atoms with van der Waals surface area (Å²) in [6, 6.07) is 4.25. The van der Waals surface area contributed by atoms with Crippen molar-refractivity contribution in [2.45, 2.75) is 25.4 Å². The molecule has 0 bridgehead atoms. The zero-order chi connectivity index (χ0) is 10.8. The molecule has 82 valence electrons. The minimum atomic E-state index is 0.295. The summed E-state index contributed by atoms with van der Waals surface area (Å²) in [6.45, 7) is 0.687. The highest BCUT2D eigenvalue weighted by molar-refractivity contribution is 9.10. The number of benzene rings is 1. The summed E-state index contributed by atoms with van der Waals surface area (Å²) in [5, 5.41) is 13.2. The third kappa shape index (κ3) is 2.63. The van der Waals surface area contributed by atoms with Crippen LogP contribution in [0.5, 0.6) is 11.5 Å². The Labute approximate surface area is 97.6 Å². The van der Waals surface area contributed by atoms with Gasteiger partial charge in [-0.15, -0.1) is 0 Å². The maximum atomic E-state index is 9.81. The van der Waals surface area contributed by atoms with Crippen LogP contribution in [0.1, 0.15) is 18.4 Å². The fourth-order valence-electron chi connectivity index (χ4n) is 1.42. The highest BCUT2D eigenvalue weighted by Crippen LogP contribution is 2.33. The van der Waals surface area contributed by atoms with Gasteiger partial charge in [0.15, 0.2) is 0 Å². The summed E-state index contributed by atoms with van der Waals surface area (Å²) in [4.78, 5) is 0. The summed E-state index contributed by atoms with van der Waals surface area (Å²) in [5.74, 6) is 1.05. The van der Waals surface area contributed by atoms with Gasteiger partial charge >= 0.3 is 0 Å². The Kier molecular flexibility index (Phi) is 3.17. The number of hydrogen-bond acceptors (Lipinski definition) is 3. The highest BCUT2D eigenvalue weighted by Gasteiger charge is 2.21. The topological polar surface area (TPSA) is 41.5 Å². The standard InChI is InChI=1S/C11H14BrNO2/c1-15-9-4-7(6-13-8-2-3-8)11(14)10(12)5-9/h4-5,8,13-14H,2-3,6H2,1H3. The van der Waals surface area contributed by atoms with Gasteiger partial charge in [0.05, 0.1) is 11.6 Å². The van der Waals surface area contributed by atoms with Crippen molar-refractivity contribution in [1.82, 2.24) is 5.32 Å². The molecule has 0 aliphatic heterocycles. The first-order chi connectivity index (χ1) is 7.20. The van der Waals surface area contributed by atoms with Gasteiger partial charge in [-0.25, -0.2) is 0 Å². The van der Waals surface area contributed by atoms with Gasteiger partial charge in [-0.3, -0.25) is 0 Å². The molecule has 0 unspecified atom stereocenters. The second-order valence-electron chi connectivity index (χ2n) is 3.77. The van der Waals surface area contributed by atoms with E-state index in [1.807, 2.05) is 6.07 Å². The van der Waals surface area contributed by atoms with E-state index < -0.39 is 0 Å². The van der Waals surface area contributed by atoms with Crippen LogP contribution >= 0.6 is 15.9 Å². The molecule has 15 heavy (non-hydrogen) atoms. The smallest absolute Gasteiger partial charge is 0.134 e. The molecule has 0 heterocycles. The fraction of sp³-hybridized carbons (Fsp3) is 0.455. The van der Waals surface area contributed by atoms with Crippen LogP contribution in [0.15, 0.2) is 16.6 Å². The summed E-state index contributed by atoms with van der Waals surface area (Å²) < 4.78 is 5.82. The molecule has 3 nitrogen and oxygen atoms in total. The monoisotopic (exact) mass is 271 g/mol. The number of rotatable bonds is 4. The molecule has 0 radical (unpaired) electrons. The Morgan fingerprint density at radius 3 is 2.87 bits per heavy atom. The Bertz CT molecular complexity index is 364. The molecular formula is C11H14BrNO2. The zero-order valence-corrected chi connectivity index (χ0v) is 10.2. The maximum Gasteiger partial charge on any atom is 0.134 e. The molecule has 0 aromatic heterocycles. The van der Waals surface area contributed by atoms with E-state index in [-0.39, 0.29) is 0 Å². The lowest BCUT2D eigenvalue weighted by molar-refractivity contribution is 0.409. The van der Waals surface area contributed by atoms with Gasteiger partial charge in [0, 0.05) is 18.2 Å². The molecule has 1 fully saturated rings. The summed E-state index contributed by atoms with van der Waals surface area (Å²) in [7, 11) is 1.62. The molecule has 1 aromatic rings. The van der Waals surface area contributed by atoms with Gasteiger partial charge in [-0.2, -0.15) is 0 Å². The van der Waals surface area contributed by atoms with E-state index in [0.29, 0.717) is 22.8 Å². The van der Waals surface area contributed by atoms with Gasteiger partial charge in [-0.05, 0) is 40.9 Å². The molecule has 0 spiro atoms. The van der Waals surface area contributed by atoms with E-state index in [2.05, 4.69) is 21.2 Å². The minimum absolute atomic E-state index is 0.295. The van der Waals surface area contributed by atoms with E-state index in [0.717, 1.165) is 11.3 Å². The van der Waals surface area contributed by atoms with Crippen molar-refractivity contribution in [3.8, 4) is 11.5 Å². The molecule has 0 saturated heterocycles. The van der Waals surface area contributed by atoms with Gasteiger partial charge in [-0.1, -0.05) is 0 Å². The molecule has 4 heteroatoms. The SMILES string of the molecule is COc1cc(Br)c(O)c(CNC2CC2)c1. The lowest BCUT2D eigenvalue weighted by Gasteiger charge is -2.09. The summed E-state index contributed by atoms with van der Waals surface area (Å²) in [6.07, 6.45) is 2.48. The van der Waals surface area contributed by atoms with Crippen LogP contribution in [0.3, 0.4) is 0 Å². The number of ether oxygens (including phenoxy) is 1. The number of hydrogen-bond donors (Lipinski definition) is 2. The number of nitrogens with one attached hydrogen (secondary N) is 1. The third-order valence-corrected chi connectivity index (χ3v) is 3.11. The van der Waals surface area contributed by atoms with E-state index in [1.165, 1.54) is 12.8 Å². The maximum absolute atomic E-state index is 9.81. The normalized spacial score (nSPS) is 15.3. The molecule has 1 aliphatic rings. The van der Waals surface area contributed by atoms with E-state index >= 15 is 0 Å². The molecule has 0 amide bonds. The second kappa shape index (κ2) is 4.41. The van der Waals surface area contributed by atoms with Crippen LogP contribution in [0.25, 0.3) is 0 Å². The lowest BCUT2D eigenvalue weighted by atomic mass is 10.2. The number of halogens is 1. The molecule has 2 N–H and O–H groups in total. The van der Waals surface area contributed by atoms with Crippen LogP contribution in [0.2, 0.25) is 0 Å². The number of methoxy groups -OCH3 is 1. The largest absolute Gasteiger partial charge is 0.506 e. The van der Waals surface area contributed by atoms with Gasteiger partial charge in [0.2, 0.25) is 0 Å². The molecule has 1 aromatic carbocycles. The van der Waals surface area contributed by atoms with Gasteiger partial charge in [0.25, 0.3) is 0 Å². The Morgan fingerprint density at radius 1 is 1.53 bits per heavy atom. The van der Waals surface area contributed by atoms with E-state index in [4.69, 9.17) is 4.74 Å². The Morgan fingerprint density at radius 2 is 2.27 bits per heavy atom. The van der Waals surface area contributed by atoms with E-state index in [9.17, 15) is 5.11 Å². The number of phenolic OH excluding ortho intramolecular Hbond substituents is 1. The van der Waals surface area contributed by atoms with Crippen molar-refractivity contribution in [2.24, 2.45) is 0 Å². The number of aromatic hydroxyl groups is 1. The Hall–Kier alpha value is -0.740. The summed E-state index contributed by atoms with van der Waals surface area (Å²) in [5.41, 5.74) is 0.869. The molecule has 1 aliphatic carbocycles. The summed E-state index contributed by atoms with van der Waals surface area (Å²) >= 11 is 3.30. The molecule has 0 atom stereocenters. The van der Waals surface area contributed by atoms with Crippen molar-refractivity contribution in [3.05, 3.63) is 22.2 Å². The van der Waals surface area contributed by atoms with Crippen LogP contribution < -0.4 is 10.1 Å². The second-order valence-corrected chi connectivity index (χ2v) is 4.63. The van der Waals surface area contributed by atoms with Crippen molar-refractivity contribution >= 4 is 15.9 Å². The van der Waals surface area contributed by atoms with Crippen LogP contribution in [-0.4, -0.2) is 18.3 Å². The highest BCUT2D eigenvalue weighted by atomic mass is 79.9. The van der Waals surface area contributed by atoms with Gasteiger partial charge in [0.1, 0.15) is 11.5 Å². The van der Waals surface area contributed by atoms with Crippen molar-refractivity contribution in [3.63, 3.8) is 0 Å². The van der Waals surface area contributed by atoms with Gasteiger partial charge < -0.3 is 15.2 Å². The Balaban J connectivity index is 2.15. The van der Waals surface area contributed by atoms with Crippen LogP contribution in [0, 0.1) is 0 Å². The fourth-order valence-corrected chi connectivity index (χ4v) is 1.90. The van der Waals surface area contributed by atoms with Crippen molar-refractivity contribution < 1.29 is 9.84 Å². The zero-order valence-electron chi connectivity index (χ0n) is 8.59. The molecule has 2 rings (SSSR count). The average molecular weight is 272 g/mol. The molecule has 1 saturated carbocycles. The van der Waals surface area contributed by atoms with Crippen LogP contribution in [0.4, 0.5) is 0 Å². The first-order valence-corrected chi connectivity index (χ1v) is 5.78. The van der Waals surface area contributed by atoms with Crippen molar-refractivity contribution in [1.29, 1.82) is 0 Å². The predicted molar refractivity (Wildman–Crippen MR) is 62.2 cm³/mol. The predicted octanol–water partition coefficient (Wildman–Crippen LogP) is 2.42. The quantitative estimate of drug-likeness (QED) is 0.884. The average Bonchev–Trinajstić information content (AvgIpc) is 3.03. The first kappa shape index (κ1) is 10.8. The number of phenols is 1. The van der Waals surface area contributed by atoms with Crippen molar-refractivity contribution in [2.75, 3.05) is 7.11 Å².